The van der Waals surface area contributed by atoms with Crippen molar-refractivity contribution >= 4 is 45.8 Å². The first-order valence-electron chi connectivity index (χ1n) is 6.01. The second-order valence-electron chi connectivity index (χ2n) is 4.74. The predicted molar refractivity (Wildman–Crippen MR) is 79.7 cm³/mol. The quantitative estimate of drug-likeness (QED) is 0.717. The number of carbonyl (C=O) groups is 1. The minimum atomic E-state index is -2.61. The largest absolute Gasteiger partial charge is 0.325 e. The minimum Gasteiger partial charge on any atom is -0.325 e. The fourth-order valence-corrected chi connectivity index (χ4v) is 3.13. The summed E-state index contributed by atoms with van der Waals surface area (Å²) in [5.41, 5.74) is 0.673. The molecule has 1 aromatic carbocycles. The Labute approximate surface area is 129 Å². The Morgan fingerprint density at radius 1 is 1.37 bits per heavy atom. The van der Waals surface area contributed by atoms with E-state index in [2.05, 4.69) is 27.9 Å². The van der Waals surface area contributed by atoms with Crippen molar-refractivity contribution in [2.24, 2.45) is 5.92 Å². The molecule has 104 valence electrons. The number of halogens is 4. The van der Waals surface area contributed by atoms with Gasteiger partial charge in [0.15, 0.2) is 0 Å². The Kier molecular flexibility index (Phi) is 4.66. The summed E-state index contributed by atoms with van der Waals surface area (Å²) in [6.45, 7) is 0. The summed E-state index contributed by atoms with van der Waals surface area (Å²) in [5.74, 6) is -3.12. The normalized spacial score (nSPS) is 19.2. The first-order chi connectivity index (χ1) is 8.87. The minimum absolute atomic E-state index is 0.185. The van der Waals surface area contributed by atoms with Gasteiger partial charge in [-0.15, -0.1) is 0 Å². The Bertz CT molecular complexity index is 486. The van der Waals surface area contributed by atoms with Crippen LogP contribution in [0.25, 0.3) is 0 Å². The van der Waals surface area contributed by atoms with E-state index in [0.717, 1.165) is 3.57 Å². The van der Waals surface area contributed by atoms with E-state index in [1.165, 1.54) is 0 Å². The smallest absolute Gasteiger partial charge is 0.248 e. The van der Waals surface area contributed by atoms with Gasteiger partial charge in [0, 0.05) is 27.4 Å². The van der Waals surface area contributed by atoms with E-state index >= 15 is 0 Å². The maximum absolute atomic E-state index is 13.0. The third-order valence-corrected chi connectivity index (χ3v) is 4.40. The van der Waals surface area contributed by atoms with Crippen LogP contribution in [-0.4, -0.2) is 11.8 Å². The number of alkyl halides is 2. The number of hydrogen-bond donors (Lipinski definition) is 1. The van der Waals surface area contributed by atoms with Gasteiger partial charge in [0.05, 0.1) is 5.69 Å². The van der Waals surface area contributed by atoms with Crippen molar-refractivity contribution in [3.05, 3.63) is 26.8 Å². The van der Waals surface area contributed by atoms with Gasteiger partial charge < -0.3 is 5.32 Å². The van der Waals surface area contributed by atoms with Crippen LogP contribution in [0.4, 0.5) is 14.5 Å². The molecule has 0 saturated heterocycles. The number of hydrogen-bond acceptors (Lipinski definition) is 1. The van der Waals surface area contributed by atoms with Crippen LogP contribution in [0.3, 0.4) is 0 Å². The molecule has 2 nitrogen and oxygen atoms in total. The van der Waals surface area contributed by atoms with Gasteiger partial charge in [-0.1, -0.05) is 11.6 Å². The first kappa shape index (κ1) is 15.0. The zero-order valence-corrected chi connectivity index (χ0v) is 13.0. The molecule has 1 N–H and O–H groups in total. The van der Waals surface area contributed by atoms with Gasteiger partial charge in [-0.2, -0.15) is 0 Å². The highest BCUT2D eigenvalue weighted by Gasteiger charge is 2.37. The van der Waals surface area contributed by atoms with Crippen LogP contribution in [0.15, 0.2) is 18.2 Å². The van der Waals surface area contributed by atoms with Gasteiger partial charge in [0.2, 0.25) is 11.8 Å². The molecule has 1 amide bonds. The van der Waals surface area contributed by atoms with Crippen molar-refractivity contribution < 1.29 is 13.6 Å². The van der Waals surface area contributed by atoms with Crippen LogP contribution in [0.2, 0.25) is 5.02 Å². The molecule has 1 aliphatic carbocycles. The number of carbonyl (C=O) groups excluding carboxylic acids is 1. The molecule has 0 aromatic heterocycles. The molecule has 1 aromatic rings. The summed E-state index contributed by atoms with van der Waals surface area (Å²) in [4.78, 5) is 12.0. The molecule has 6 heteroatoms. The van der Waals surface area contributed by atoms with Gasteiger partial charge in [0.25, 0.3) is 0 Å². The molecule has 1 aliphatic rings. The molecule has 0 atom stereocenters. The van der Waals surface area contributed by atoms with E-state index in [0.29, 0.717) is 10.7 Å². The average Bonchev–Trinajstić information content (AvgIpc) is 2.32. The third kappa shape index (κ3) is 4.02. The van der Waals surface area contributed by atoms with Crippen LogP contribution < -0.4 is 5.32 Å². The SMILES string of the molecule is O=C(Nc1ccc(Cl)cc1I)C1CCC(F)(F)CC1. The molecule has 2 rings (SSSR count). The monoisotopic (exact) mass is 399 g/mol. The summed E-state index contributed by atoms with van der Waals surface area (Å²) in [6.07, 6.45) is 0.0671. The molecular formula is C13H13ClF2INO. The zero-order valence-electron chi connectivity index (χ0n) is 10.1. The molecule has 1 fully saturated rings. The highest BCUT2D eigenvalue weighted by Crippen LogP contribution is 2.36. The van der Waals surface area contributed by atoms with Crippen LogP contribution in [-0.2, 0) is 4.79 Å². The molecule has 0 heterocycles. The molecule has 1 saturated carbocycles. The summed E-state index contributed by atoms with van der Waals surface area (Å²) in [6, 6.07) is 5.15. The lowest BCUT2D eigenvalue weighted by Crippen LogP contribution is -2.31. The molecule has 0 radical (unpaired) electrons. The molecule has 0 spiro atoms. The second kappa shape index (κ2) is 5.91. The summed E-state index contributed by atoms with van der Waals surface area (Å²) in [7, 11) is 0. The first-order valence-corrected chi connectivity index (χ1v) is 7.47. The molecule has 0 aliphatic heterocycles. The van der Waals surface area contributed by atoms with Crippen molar-refractivity contribution in [2.75, 3.05) is 5.32 Å². The van der Waals surface area contributed by atoms with Gasteiger partial charge in [-0.3, -0.25) is 4.79 Å². The highest BCUT2D eigenvalue weighted by atomic mass is 127. The summed E-state index contributed by atoms with van der Waals surface area (Å²) < 4.78 is 26.9. The van der Waals surface area contributed by atoms with Crippen LogP contribution in [0.5, 0.6) is 0 Å². The van der Waals surface area contributed by atoms with Gasteiger partial charge >= 0.3 is 0 Å². The van der Waals surface area contributed by atoms with Crippen LogP contribution in [0, 0.1) is 9.49 Å². The van der Waals surface area contributed by atoms with E-state index in [9.17, 15) is 13.6 Å². The van der Waals surface area contributed by atoms with E-state index in [1.807, 2.05) is 0 Å². The Morgan fingerprint density at radius 2 is 2.00 bits per heavy atom. The fraction of sp³-hybridized carbons (Fsp3) is 0.462. The lowest BCUT2D eigenvalue weighted by Gasteiger charge is -2.27. The predicted octanol–water partition coefficient (Wildman–Crippen LogP) is 4.71. The van der Waals surface area contributed by atoms with Crippen molar-refractivity contribution in [1.82, 2.24) is 0 Å². The number of benzene rings is 1. The second-order valence-corrected chi connectivity index (χ2v) is 6.34. The zero-order chi connectivity index (χ0) is 14.0. The van der Waals surface area contributed by atoms with Gasteiger partial charge in [-0.05, 0) is 53.6 Å². The topological polar surface area (TPSA) is 29.1 Å². The van der Waals surface area contributed by atoms with E-state index in [1.54, 1.807) is 18.2 Å². The highest BCUT2D eigenvalue weighted by molar-refractivity contribution is 14.1. The number of nitrogens with one attached hydrogen (secondary N) is 1. The molecule has 0 unspecified atom stereocenters. The Hall–Kier alpha value is -0.430. The van der Waals surface area contributed by atoms with E-state index in [-0.39, 0.29) is 37.5 Å². The maximum Gasteiger partial charge on any atom is 0.248 e. The van der Waals surface area contributed by atoms with Gasteiger partial charge in [-0.25, -0.2) is 8.78 Å². The standard InChI is InChI=1S/C13H13ClF2INO/c14-9-1-2-11(10(17)7-9)18-12(19)8-3-5-13(15,16)6-4-8/h1-2,7-8H,3-6H2,(H,18,19). The van der Waals surface area contributed by atoms with Crippen LogP contribution in [0.1, 0.15) is 25.7 Å². The lowest BCUT2D eigenvalue weighted by atomic mass is 9.86. The maximum atomic E-state index is 13.0. The van der Waals surface area contributed by atoms with Crippen molar-refractivity contribution in [3.8, 4) is 0 Å². The van der Waals surface area contributed by atoms with E-state index in [4.69, 9.17) is 11.6 Å². The van der Waals surface area contributed by atoms with E-state index < -0.39 is 5.92 Å². The Balaban J connectivity index is 1.98. The average molecular weight is 400 g/mol. The summed E-state index contributed by atoms with van der Waals surface area (Å²) >= 11 is 7.91. The molecular weight excluding hydrogens is 387 g/mol. The molecule has 0 bridgehead atoms. The number of rotatable bonds is 2. The van der Waals surface area contributed by atoms with Crippen LogP contribution >= 0.6 is 34.2 Å². The summed E-state index contributed by atoms with van der Waals surface area (Å²) in [5, 5.41) is 3.38. The van der Waals surface area contributed by atoms with Crippen molar-refractivity contribution in [3.63, 3.8) is 0 Å². The van der Waals surface area contributed by atoms with Crippen molar-refractivity contribution in [2.45, 2.75) is 31.6 Å². The van der Waals surface area contributed by atoms with Crippen molar-refractivity contribution in [1.29, 1.82) is 0 Å². The number of amides is 1. The van der Waals surface area contributed by atoms with Gasteiger partial charge in [0.1, 0.15) is 0 Å². The fourth-order valence-electron chi connectivity index (χ4n) is 2.13. The molecule has 19 heavy (non-hydrogen) atoms. The number of anilines is 1. The third-order valence-electron chi connectivity index (χ3n) is 3.28. The Morgan fingerprint density at radius 3 is 2.58 bits per heavy atom. The lowest BCUT2D eigenvalue weighted by molar-refractivity contribution is -0.124.